The number of hydrogen-bond donors (Lipinski definition) is 2. The van der Waals surface area contributed by atoms with Gasteiger partial charge in [-0.3, -0.25) is 9.59 Å². The molecule has 150 valence electrons. The predicted molar refractivity (Wildman–Crippen MR) is 101 cm³/mol. The normalized spacial score (nSPS) is 21.3. The van der Waals surface area contributed by atoms with Crippen LogP contribution in [-0.2, 0) is 24.3 Å². The Labute approximate surface area is 160 Å². The molecule has 2 N–H and O–H groups in total. The van der Waals surface area contributed by atoms with E-state index in [2.05, 4.69) is 17.0 Å². The number of esters is 1. The second kappa shape index (κ2) is 9.32. The van der Waals surface area contributed by atoms with Crippen LogP contribution in [0.15, 0.2) is 29.2 Å². The third-order valence-electron chi connectivity index (χ3n) is 4.85. The van der Waals surface area contributed by atoms with Gasteiger partial charge in [0.25, 0.3) is 5.91 Å². The van der Waals surface area contributed by atoms with E-state index in [0.29, 0.717) is 5.92 Å². The highest BCUT2D eigenvalue weighted by Crippen LogP contribution is 2.23. The van der Waals surface area contributed by atoms with E-state index in [9.17, 15) is 18.0 Å². The van der Waals surface area contributed by atoms with Crippen molar-refractivity contribution in [1.82, 2.24) is 10.0 Å². The highest BCUT2D eigenvalue weighted by atomic mass is 32.2. The Morgan fingerprint density at radius 3 is 2.44 bits per heavy atom. The second-order valence-corrected chi connectivity index (χ2v) is 8.91. The molecule has 3 atom stereocenters. The quantitative estimate of drug-likeness (QED) is 0.686. The molecule has 7 nitrogen and oxygen atoms in total. The molecule has 0 aliphatic heterocycles. The van der Waals surface area contributed by atoms with Gasteiger partial charge in [0.05, 0.1) is 4.90 Å². The van der Waals surface area contributed by atoms with Crippen LogP contribution in [0.3, 0.4) is 0 Å². The van der Waals surface area contributed by atoms with Crippen LogP contribution in [-0.4, -0.2) is 39.0 Å². The van der Waals surface area contributed by atoms with Crippen LogP contribution in [0.4, 0.5) is 0 Å². The van der Waals surface area contributed by atoms with E-state index in [0.717, 1.165) is 24.8 Å². The number of benzene rings is 1. The highest BCUT2D eigenvalue weighted by Gasteiger charge is 2.26. The number of nitrogens with one attached hydrogen (secondary N) is 2. The molecule has 0 bridgehead atoms. The summed E-state index contributed by atoms with van der Waals surface area (Å²) in [7, 11) is -3.81. The van der Waals surface area contributed by atoms with E-state index in [-0.39, 0.29) is 16.8 Å². The summed E-state index contributed by atoms with van der Waals surface area (Å²) < 4.78 is 31.6. The van der Waals surface area contributed by atoms with E-state index >= 15 is 0 Å². The van der Waals surface area contributed by atoms with Crippen molar-refractivity contribution in [1.29, 1.82) is 0 Å². The molecule has 1 aromatic carbocycles. The third-order valence-corrected chi connectivity index (χ3v) is 6.27. The molecule has 0 heterocycles. The van der Waals surface area contributed by atoms with Crippen LogP contribution in [0.2, 0.25) is 0 Å². The molecule has 1 saturated carbocycles. The van der Waals surface area contributed by atoms with Gasteiger partial charge in [-0.15, -0.1) is 0 Å². The summed E-state index contributed by atoms with van der Waals surface area (Å²) in [5.74, 6) is -0.763. The summed E-state index contributed by atoms with van der Waals surface area (Å²) >= 11 is 0. The van der Waals surface area contributed by atoms with Crippen LogP contribution >= 0.6 is 0 Å². The lowest BCUT2D eigenvalue weighted by atomic mass is 9.86. The van der Waals surface area contributed by atoms with Crippen molar-refractivity contribution in [3.63, 3.8) is 0 Å². The van der Waals surface area contributed by atoms with Crippen molar-refractivity contribution in [2.24, 2.45) is 5.92 Å². The maximum Gasteiger partial charge on any atom is 0.321 e. The van der Waals surface area contributed by atoms with Gasteiger partial charge in [0.1, 0.15) is 6.54 Å². The summed E-state index contributed by atoms with van der Waals surface area (Å²) in [5, 5.41) is 2.92. The van der Waals surface area contributed by atoms with E-state index in [1.807, 2.05) is 6.92 Å². The number of rotatable bonds is 7. The van der Waals surface area contributed by atoms with Gasteiger partial charge in [0, 0.05) is 6.04 Å². The molecule has 1 aromatic rings. The Kier molecular flexibility index (Phi) is 7.38. The minimum atomic E-state index is -3.81. The first kappa shape index (κ1) is 21.4. The monoisotopic (exact) mass is 396 g/mol. The first-order valence-corrected chi connectivity index (χ1v) is 10.7. The summed E-state index contributed by atoms with van der Waals surface area (Å²) in [6, 6.07) is 6.36. The van der Waals surface area contributed by atoms with E-state index in [1.54, 1.807) is 12.1 Å². The molecular weight excluding hydrogens is 368 g/mol. The summed E-state index contributed by atoms with van der Waals surface area (Å²) in [6.45, 7) is 4.89. The first-order valence-electron chi connectivity index (χ1n) is 9.25. The highest BCUT2D eigenvalue weighted by molar-refractivity contribution is 7.89. The molecule has 0 unspecified atom stereocenters. The van der Waals surface area contributed by atoms with Crippen molar-refractivity contribution >= 4 is 21.9 Å². The van der Waals surface area contributed by atoms with E-state index in [4.69, 9.17) is 4.74 Å². The summed E-state index contributed by atoms with van der Waals surface area (Å²) in [6.07, 6.45) is 3.25. The number of ether oxygens (including phenoxy) is 1. The van der Waals surface area contributed by atoms with Crippen LogP contribution in [0.1, 0.15) is 45.1 Å². The van der Waals surface area contributed by atoms with Gasteiger partial charge in [0.15, 0.2) is 6.10 Å². The lowest BCUT2D eigenvalue weighted by Crippen LogP contribution is -2.46. The van der Waals surface area contributed by atoms with Crippen molar-refractivity contribution in [2.45, 2.75) is 63.5 Å². The number of carbonyl (C=O) groups is 2. The standard InChI is InChI=1S/C19H28N2O5S/c1-13-8-10-16(11-9-13)27(24,25)20-12-18(22)26-15(3)19(23)21-17-7-5-4-6-14(17)2/h8-11,14-15,17,20H,4-7,12H2,1-3H3,(H,21,23)/t14-,15+,17+/m0/s1. The number of hydrogen-bond acceptors (Lipinski definition) is 5. The summed E-state index contributed by atoms with van der Waals surface area (Å²) in [5.41, 5.74) is 0.931. The smallest absolute Gasteiger partial charge is 0.321 e. The van der Waals surface area contributed by atoms with E-state index in [1.165, 1.54) is 25.5 Å². The minimum absolute atomic E-state index is 0.0676. The SMILES string of the molecule is Cc1ccc(S(=O)(=O)NCC(=O)O[C@H](C)C(=O)N[C@@H]2CCCC[C@@H]2C)cc1. The average Bonchev–Trinajstić information content (AvgIpc) is 2.62. The molecule has 8 heteroatoms. The van der Waals surface area contributed by atoms with Crippen molar-refractivity contribution in [2.75, 3.05) is 6.54 Å². The Bertz CT molecular complexity index is 761. The largest absolute Gasteiger partial charge is 0.452 e. The Balaban J connectivity index is 1.81. The Morgan fingerprint density at radius 2 is 1.81 bits per heavy atom. The van der Waals surface area contributed by atoms with Crippen molar-refractivity contribution in [3.05, 3.63) is 29.8 Å². The zero-order valence-electron chi connectivity index (χ0n) is 16.0. The number of carbonyl (C=O) groups excluding carboxylic acids is 2. The van der Waals surface area contributed by atoms with Crippen LogP contribution in [0, 0.1) is 12.8 Å². The molecule has 0 saturated heterocycles. The fourth-order valence-corrected chi connectivity index (χ4v) is 4.05. The molecule has 27 heavy (non-hydrogen) atoms. The number of amides is 1. The zero-order chi connectivity index (χ0) is 20.0. The van der Waals surface area contributed by atoms with Crippen molar-refractivity contribution in [3.8, 4) is 0 Å². The van der Waals surface area contributed by atoms with Gasteiger partial charge in [-0.2, -0.15) is 4.72 Å². The van der Waals surface area contributed by atoms with Gasteiger partial charge < -0.3 is 10.1 Å². The molecule has 0 spiro atoms. The van der Waals surface area contributed by atoms with Gasteiger partial charge in [-0.25, -0.2) is 8.42 Å². The maximum atomic E-state index is 12.2. The predicted octanol–water partition coefficient (Wildman–Crippen LogP) is 1.90. The molecule has 0 radical (unpaired) electrons. The molecular formula is C19H28N2O5S. The Morgan fingerprint density at radius 1 is 1.19 bits per heavy atom. The summed E-state index contributed by atoms with van der Waals surface area (Å²) in [4.78, 5) is 24.2. The maximum absolute atomic E-state index is 12.2. The molecule has 1 fully saturated rings. The topological polar surface area (TPSA) is 102 Å². The second-order valence-electron chi connectivity index (χ2n) is 7.15. The van der Waals surface area contributed by atoms with Crippen LogP contribution in [0.25, 0.3) is 0 Å². The lowest BCUT2D eigenvalue weighted by Gasteiger charge is -2.30. The van der Waals surface area contributed by atoms with Crippen LogP contribution in [0.5, 0.6) is 0 Å². The van der Waals surface area contributed by atoms with E-state index < -0.39 is 28.6 Å². The van der Waals surface area contributed by atoms with Crippen molar-refractivity contribution < 1.29 is 22.7 Å². The average molecular weight is 397 g/mol. The van der Waals surface area contributed by atoms with Gasteiger partial charge in [-0.05, 0) is 44.7 Å². The minimum Gasteiger partial charge on any atom is -0.452 e. The fraction of sp³-hybridized carbons (Fsp3) is 0.579. The number of sulfonamides is 1. The Hall–Kier alpha value is -1.93. The molecule has 1 amide bonds. The molecule has 0 aromatic heterocycles. The third kappa shape index (κ3) is 6.32. The van der Waals surface area contributed by atoms with Gasteiger partial charge in [-0.1, -0.05) is 37.5 Å². The molecule has 1 aliphatic carbocycles. The van der Waals surface area contributed by atoms with Crippen LogP contribution < -0.4 is 10.0 Å². The molecule has 2 rings (SSSR count). The first-order chi connectivity index (χ1) is 12.7. The lowest BCUT2D eigenvalue weighted by molar-refractivity contribution is -0.154. The molecule has 1 aliphatic rings. The number of aryl methyl sites for hydroxylation is 1. The van der Waals surface area contributed by atoms with Gasteiger partial charge in [0.2, 0.25) is 10.0 Å². The van der Waals surface area contributed by atoms with Gasteiger partial charge >= 0.3 is 5.97 Å². The fourth-order valence-electron chi connectivity index (χ4n) is 3.08. The zero-order valence-corrected chi connectivity index (χ0v) is 16.8.